The van der Waals surface area contributed by atoms with Crippen LogP contribution < -0.4 is 15.2 Å². The van der Waals surface area contributed by atoms with Gasteiger partial charge in [0, 0.05) is 28.1 Å². The van der Waals surface area contributed by atoms with E-state index in [0.29, 0.717) is 28.6 Å². The second kappa shape index (κ2) is 7.46. The Morgan fingerprint density at radius 1 is 1.16 bits per heavy atom. The first-order valence-electron chi connectivity index (χ1n) is 9.79. The Hall–Kier alpha value is -3.82. The molecular weight excluding hydrogens is 412 g/mol. The first-order chi connectivity index (χ1) is 15.1. The van der Waals surface area contributed by atoms with Gasteiger partial charge in [-0.1, -0.05) is 29.8 Å². The molecule has 2 aromatic carbocycles. The van der Waals surface area contributed by atoms with Crippen molar-refractivity contribution >= 4 is 33.4 Å². The van der Waals surface area contributed by atoms with E-state index in [-0.39, 0.29) is 11.5 Å². The van der Waals surface area contributed by atoms with Crippen LogP contribution >= 0.6 is 11.6 Å². The van der Waals surface area contributed by atoms with Crippen LogP contribution in [0.3, 0.4) is 0 Å². The highest BCUT2D eigenvalue weighted by Gasteiger charge is 2.34. The maximum atomic E-state index is 9.88. The average molecular weight is 429 g/mol. The fraction of sp³-hybridized carbons (Fsp3) is 0.125. The van der Waals surface area contributed by atoms with E-state index in [4.69, 9.17) is 26.8 Å². The number of hydrogen-bond donors (Lipinski definition) is 1. The van der Waals surface area contributed by atoms with Crippen LogP contribution in [0.5, 0.6) is 11.5 Å². The Balaban J connectivity index is 1.77. The summed E-state index contributed by atoms with van der Waals surface area (Å²) in [7, 11) is 0. The second-order valence-corrected chi connectivity index (χ2v) is 7.50. The van der Waals surface area contributed by atoms with Crippen LogP contribution in [0.1, 0.15) is 24.0 Å². The molecule has 7 heteroatoms. The summed E-state index contributed by atoms with van der Waals surface area (Å²) in [6.07, 6.45) is 1.69. The maximum Gasteiger partial charge on any atom is 0.205 e. The van der Waals surface area contributed by atoms with Crippen molar-refractivity contribution in [3.8, 4) is 17.6 Å². The molecule has 31 heavy (non-hydrogen) atoms. The smallest absolute Gasteiger partial charge is 0.205 e. The minimum atomic E-state index is -0.527. The van der Waals surface area contributed by atoms with Crippen LogP contribution in [0.15, 0.2) is 66.2 Å². The van der Waals surface area contributed by atoms with Crippen LogP contribution in [-0.2, 0) is 0 Å². The Kier molecular flexibility index (Phi) is 4.61. The predicted octanol–water partition coefficient (Wildman–Crippen LogP) is 5.05. The van der Waals surface area contributed by atoms with Gasteiger partial charge in [0.15, 0.2) is 5.75 Å². The molecule has 4 aromatic rings. The summed E-state index contributed by atoms with van der Waals surface area (Å²) < 4.78 is 11.5. The number of nitrogens with zero attached hydrogens (tertiary/aromatic N) is 3. The van der Waals surface area contributed by atoms with Crippen molar-refractivity contribution in [3.05, 3.63) is 82.5 Å². The van der Waals surface area contributed by atoms with Gasteiger partial charge in [0.2, 0.25) is 5.88 Å². The molecule has 1 aliphatic rings. The fourth-order valence-electron chi connectivity index (χ4n) is 3.98. The second-order valence-electron chi connectivity index (χ2n) is 7.14. The fourth-order valence-corrected chi connectivity index (χ4v) is 4.23. The number of allylic oxidation sites excluding steroid dienone is 1. The topological polar surface area (TPSA) is 94.0 Å². The van der Waals surface area contributed by atoms with Crippen molar-refractivity contribution in [2.45, 2.75) is 12.8 Å². The summed E-state index contributed by atoms with van der Waals surface area (Å²) >= 11 is 6.62. The first-order valence-corrected chi connectivity index (χ1v) is 10.2. The maximum absolute atomic E-state index is 9.88. The van der Waals surface area contributed by atoms with Gasteiger partial charge in [0.05, 0.1) is 18.0 Å². The number of hydrogen-bond acceptors (Lipinski definition) is 6. The molecule has 1 atom stereocenters. The van der Waals surface area contributed by atoms with Crippen LogP contribution in [0.25, 0.3) is 21.8 Å². The Bertz CT molecular complexity index is 1420. The zero-order valence-electron chi connectivity index (χ0n) is 16.6. The number of benzene rings is 2. The molecule has 1 aliphatic heterocycles. The first kappa shape index (κ1) is 19.2. The summed E-state index contributed by atoms with van der Waals surface area (Å²) in [5.74, 6) is 0.778. The third-order valence-electron chi connectivity index (χ3n) is 5.35. The molecule has 0 fully saturated rings. The van der Waals surface area contributed by atoms with Gasteiger partial charge in [-0.25, -0.2) is 4.98 Å². The zero-order valence-corrected chi connectivity index (χ0v) is 17.3. The molecule has 0 amide bonds. The van der Waals surface area contributed by atoms with Gasteiger partial charge in [-0.15, -0.1) is 0 Å². The number of ether oxygens (including phenoxy) is 2. The van der Waals surface area contributed by atoms with Crippen molar-refractivity contribution in [2.75, 3.05) is 6.61 Å². The van der Waals surface area contributed by atoms with Crippen molar-refractivity contribution < 1.29 is 9.47 Å². The van der Waals surface area contributed by atoms with Crippen LogP contribution in [0.4, 0.5) is 0 Å². The number of halogens is 1. The lowest BCUT2D eigenvalue weighted by atomic mass is 9.83. The zero-order chi connectivity index (χ0) is 21.5. The minimum Gasteiger partial charge on any atom is -0.494 e. The third kappa shape index (κ3) is 3.11. The average Bonchev–Trinajstić information content (AvgIpc) is 2.78. The Morgan fingerprint density at radius 3 is 2.84 bits per heavy atom. The predicted molar refractivity (Wildman–Crippen MR) is 119 cm³/mol. The largest absolute Gasteiger partial charge is 0.494 e. The highest BCUT2D eigenvalue weighted by molar-refractivity contribution is 6.30. The van der Waals surface area contributed by atoms with Gasteiger partial charge < -0.3 is 15.2 Å². The van der Waals surface area contributed by atoms with Gasteiger partial charge in [0.1, 0.15) is 28.1 Å². The lowest BCUT2D eigenvalue weighted by Gasteiger charge is -2.27. The van der Waals surface area contributed by atoms with E-state index in [0.717, 1.165) is 27.6 Å². The van der Waals surface area contributed by atoms with Crippen LogP contribution in [0, 0.1) is 11.3 Å². The molecule has 6 nitrogen and oxygen atoms in total. The van der Waals surface area contributed by atoms with Gasteiger partial charge in [-0.3, -0.25) is 4.98 Å². The highest BCUT2D eigenvalue weighted by Crippen LogP contribution is 2.46. The summed E-state index contributed by atoms with van der Waals surface area (Å²) in [6, 6.07) is 17.4. The molecule has 0 saturated heterocycles. The molecule has 5 rings (SSSR count). The third-order valence-corrected chi connectivity index (χ3v) is 5.65. The van der Waals surface area contributed by atoms with E-state index in [1.54, 1.807) is 6.20 Å². The molecule has 152 valence electrons. The molecule has 2 aromatic heterocycles. The van der Waals surface area contributed by atoms with E-state index in [1.165, 1.54) is 0 Å². The lowest BCUT2D eigenvalue weighted by Crippen LogP contribution is -2.21. The van der Waals surface area contributed by atoms with Gasteiger partial charge >= 0.3 is 0 Å². The van der Waals surface area contributed by atoms with Crippen LogP contribution in [-0.4, -0.2) is 16.6 Å². The molecule has 0 radical (unpaired) electrons. The normalized spacial score (nSPS) is 15.5. The molecule has 2 N–H and O–H groups in total. The van der Waals surface area contributed by atoms with E-state index < -0.39 is 5.92 Å². The molecule has 3 heterocycles. The Morgan fingerprint density at radius 2 is 2.03 bits per heavy atom. The van der Waals surface area contributed by atoms with E-state index >= 15 is 0 Å². The summed E-state index contributed by atoms with van der Waals surface area (Å²) in [5, 5.41) is 12.0. The lowest BCUT2D eigenvalue weighted by molar-refractivity contribution is 0.340. The van der Waals surface area contributed by atoms with Crippen molar-refractivity contribution in [1.29, 1.82) is 5.26 Å². The molecule has 0 saturated carbocycles. The number of nitriles is 1. The number of nitrogens with two attached hydrogens (primary N) is 1. The van der Waals surface area contributed by atoms with E-state index in [2.05, 4.69) is 16.0 Å². The number of fused-ring (bicyclic) bond motifs is 4. The van der Waals surface area contributed by atoms with Gasteiger partial charge in [-0.2, -0.15) is 5.26 Å². The quantitative estimate of drug-likeness (QED) is 0.459. The molecule has 0 bridgehead atoms. The summed E-state index contributed by atoms with van der Waals surface area (Å²) in [5.41, 5.74) is 9.30. The number of pyridine rings is 2. The van der Waals surface area contributed by atoms with Gasteiger partial charge in [-0.05, 0) is 37.3 Å². The van der Waals surface area contributed by atoms with Gasteiger partial charge in [0.25, 0.3) is 0 Å². The summed E-state index contributed by atoms with van der Waals surface area (Å²) in [6.45, 7) is 2.49. The molecule has 0 spiro atoms. The molecule has 0 aliphatic carbocycles. The number of aromatic nitrogens is 2. The Labute approximate surface area is 183 Å². The van der Waals surface area contributed by atoms with Crippen molar-refractivity contribution in [2.24, 2.45) is 5.73 Å². The highest BCUT2D eigenvalue weighted by atomic mass is 35.5. The molecule has 1 unspecified atom stereocenters. The minimum absolute atomic E-state index is 0.0392. The van der Waals surface area contributed by atoms with Crippen molar-refractivity contribution in [3.63, 3.8) is 0 Å². The standard InChI is InChI=1S/C24H17ClN4O2/c1-2-30-15-6-8-19-14(10-15)11-17(23(25)29-19)20-16-7-5-13-4-3-9-28-21(13)22(16)31-24(27)18(20)12-26/h3-11,20H,2,27H2,1H3. The van der Waals surface area contributed by atoms with E-state index in [9.17, 15) is 5.26 Å². The summed E-state index contributed by atoms with van der Waals surface area (Å²) in [4.78, 5) is 9.02. The van der Waals surface area contributed by atoms with Crippen LogP contribution in [0.2, 0.25) is 5.15 Å². The SMILES string of the molecule is CCOc1ccc2nc(Cl)c(C3C(C#N)=C(N)Oc4c3ccc3cccnc43)cc2c1. The van der Waals surface area contributed by atoms with Crippen molar-refractivity contribution in [1.82, 2.24) is 9.97 Å². The molecular formula is C24H17ClN4O2. The van der Waals surface area contributed by atoms with E-state index in [1.807, 2.05) is 55.5 Å². The monoisotopic (exact) mass is 428 g/mol. The number of rotatable bonds is 3.